The van der Waals surface area contributed by atoms with E-state index in [4.69, 9.17) is 29.6 Å². The predicted molar refractivity (Wildman–Crippen MR) is 249 cm³/mol. The van der Waals surface area contributed by atoms with Gasteiger partial charge in [0, 0.05) is 70.9 Å². The average Bonchev–Trinajstić information content (AvgIpc) is 3.47. The van der Waals surface area contributed by atoms with Crippen molar-refractivity contribution in [2.45, 2.75) is 121 Å². The van der Waals surface area contributed by atoms with Gasteiger partial charge < -0.3 is 50.7 Å². The van der Waals surface area contributed by atoms with Crippen LogP contribution in [-0.4, -0.2) is 74.3 Å². The van der Waals surface area contributed by atoms with E-state index in [1.54, 1.807) is 24.4 Å². The lowest BCUT2D eigenvalue weighted by Gasteiger charge is -2.51. The van der Waals surface area contributed by atoms with E-state index in [9.17, 15) is 30.0 Å². The maximum absolute atomic E-state index is 14.5. The van der Waals surface area contributed by atoms with E-state index < -0.39 is 48.2 Å². The Morgan fingerprint density at radius 1 is 1.02 bits per heavy atom. The maximum atomic E-state index is 14.5. The molecule has 0 spiro atoms. The van der Waals surface area contributed by atoms with Gasteiger partial charge in [-0.3, -0.25) is 4.79 Å². The number of hydrogen-bond donors (Lipinski definition) is 7. The second-order valence-corrected chi connectivity index (χ2v) is 19.2. The van der Waals surface area contributed by atoms with E-state index in [2.05, 4.69) is 17.6 Å². The number of aryl methyl sites for hydroxylation is 1. The minimum Gasteiger partial charge on any atom is -0.508 e. The van der Waals surface area contributed by atoms with E-state index in [0.717, 1.165) is 59.8 Å². The number of allylic oxidation sites excluding steroid dienone is 1. The van der Waals surface area contributed by atoms with Crippen molar-refractivity contribution in [1.29, 1.82) is 0 Å². The van der Waals surface area contributed by atoms with E-state index in [-0.39, 0.29) is 63.7 Å². The number of aromatic nitrogens is 2. The molecule has 0 saturated heterocycles. The first-order chi connectivity index (χ1) is 31.9. The van der Waals surface area contributed by atoms with Gasteiger partial charge in [-0.2, -0.15) is 0 Å². The summed E-state index contributed by atoms with van der Waals surface area (Å²) in [5, 5.41) is 52.6. The van der Waals surface area contributed by atoms with Crippen LogP contribution in [0.25, 0.3) is 11.0 Å². The van der Waals surface area contributed by atoms with Crippen molar-refractivity contribution in [1.82, 2.24) is 15.3 Å². The molecule has 0 amide bonds. The Balaban J connectivity index is 1.33. The van der Waals surface area contributed by atoms with Crippen molar-refractivity contribution in [3.63, 3.8) is 0 Å². The third kappa shape index (κ3) is 7.02. The fraction of sp³-hybridized carbons (Fsp3) is 0.462. The van der Waals surface area contributed by atoms with Crippen LogP contribution in [0, 0.1) is 11.8 Å². The van der Waals surface area contributed by atoms with E-state index >= 15 is 0 Å². The summed E-state index contributed by atoms with van der Waals surface area (Å²) in [5.41, 5.74) is 13.2. The zero-order valence-corrected chi connectivity index (χ0v) is 37.9. The number of nitrogens with one attached hydrogen (secondary N) is 2. The van der Waals surface area contributed by atoms with Crippen molar-refractivity contribution in [2.24, 2.45) is 11.8 Å². The molecule has 14 nitrogen and oxygen atoms in total. The number of phenols is 2. The highest BCUT2D eigenvalue weighted by Crippen LogP contribution is 2.60. The number of carbonyl (C=O) groups excluding carboxylic acids is 1. The Bertz CT molecular complexity index is 2860. The van der Waals surface area contributed by atoms with Crippen LogP contribution in [0.1, 0.15) is 120 Å². The Morgan fingerprint density at radius 3 is 2.61 bits per heavy atom. The standard InChI is InChI=1S/C52H59N5O9/c1-5-26(14-16-54-4)51(63)65-41-21-37-46(62)44-40(61)20-30(23-58)64-48(44)45-42-35-15-17-55-49(53)43(35)33(11-8-27-7-9-29(60)19-36(27)38(42)24-59)32-13-12-31-28(18-39(32)52(41,3)66-47(37)45)22-56-50-34(31)10-6-25(2)57-50/h5,7,9,15,17,19-20,22,25,32-33,38-39,41-42,54,58-60,62H,6,8,10-14,16,18,21,23-24H2,1-4H3,(H2,53,55)(H,56,57)/b26-5-/t25-,32+,33+,38+,39+,41-,42+,52+/m1/s1. The van der Waals surface area contributed by atoms with Crippen LogP contribution in [0.5, 0.6) is 17.2 Å². The Hall–Kier alpha value is -5.96. The predicted octanol–water partition coefficient (Wildman–Crippen LogP) is 6.35. The molecule has 8 N–H and O–H groups in total. The van der Waals surface area contributed by atoms with Crippen LogP contribution < -0.4 is 26.5 Å². The monoisotopic (exact) mass is 897 g/mol. The second-order valence-electron chi connectivity index (χ2n) is 19.2. The summed E-state index contributed by atoms with van der Waals surface area (Å²) < 4.78 is 20.9. The van der Waals surface area contributed by atoms with Gasteiger partial charge in [0.05, 0.1) is 6.61 Å². The normalized spacial score (nSPS) is 26.4. The topological polar surface area (TPSA) is 223 Å². The number of rotatable bonds is 7. The molecule has 0 radical (unpaired) electrons. The number of esters is 1. The number of aromatic hydroxyl groups is 2. The minimum absolute atomic E-state index is 0.00737. The van der Waals surface area contributed by atoms with Crippen molar-refractivity contribution in [2.75, 3.05) is 31.2 Å². The van der Waals surface area contributed by atoms with Crippen LogP contribution in [-0.2, 0) is 48.2 Å². The van der Waals surface area contributed by atoms with Gasteiger partial charge in [0.1, 0.15) is 63.9 Å². The summed E-state index contributed by atoms with van der Waals surface area (Å²) in [6.45, 7) is 5.54. The molecule has 14 heteroatoms. The molecular formula is C52H59N5O9. The van der Waals surface area contributed by atoms with Crippen molar-refractivity contribution in [3.8, 4) is 17.2 Å². The van der Waals surface area contributed by atoms with Crippen molar-refractivity contribution in [3.05, 3.63) is 120 Å². The molecule has 0 saturated carbocycles. The molecule has 2 aliphatic carbocycles. The molecule has 10 rings (SSSR count). The highest BCUT2D eigenvalue weighted by molar-refractivity contribution is 5.92. The lowest BCUT2D eigenvalue weighted by molar-refractivity contribution is -0.168. The molecule has 5 aliphatic rings. The molecule has 0 fully saturated rings. The number of pyridine rings is 2. The average molecular weight is 898 g/mol. The number of hydrogen-bond acceptors (Lipinski definition) is 14. The molecule has 3 aromatic heterocycles. The molecule has 5 aromatic rings. The maximum Gasteiger partial charge on any atom is 0.334 e. The molecule has 3 aliphatic heterocycles. The number of anilines is 2. The van der Waals surface area contributed by atoms with Gasteiger partial charge in [0.15, 0.2) is 5.43 Å². The summed E-state index contributed by atoms with van der Waals surface area (Å²) in [5.74, 6) is -1.82. The molecule has 0 unspecified atom stereocenters. The summed E-state index contributed by atoms with van der Waals surface area (Å²) in [7, 11) is 1.83. The highest BCUT2D eigenvalue weighted by atomic mass is 16.6. The second kappa shape index (κ2) is 17.0. The molecule has 4 bridgehead atoms. The first-order valence-electron chi connectivity index (χ1n) is 23.5. The number of benzene rings is 2. The minimum atomic E-state index is -1.30. The lowest BCUT2D eigenvalue weighted by Crippen LogP contribution is -2.59. The summed E-state index contributed by atoms with van der Waals surface area (Å²) >= 11 is 0. The summed E-state index contributed by atoms with van der Waals surface area (Å²) in [6.07, 6.45) is 9.90. The SMILES string of the molecule is C/C=C(/CCNC)C(=O)O[C@@H]1Cc2c3c(c4oc(CO)cc(=O)c4c2O)[C@H]2c4ccnc(N)c4[C@@H](CCc4ccc(O)cc4[C@@H]2CO)[C@@H]2CCc4c(cnc5c4CC[C@@H](C)N5)C[C@@H]2[C@]1(C)O3. The van der Waals surface area contributed by atoms with Crippen molar-refractivity contribution >= 4 is 28.6 Å². The number of fused-ring (bicyclic) bond motifs is 11. The van der Waals surface area contributed by atoms with Gasteiger partial charge in [-0.1, -0.05) is 12.1 Å². The van der Waals surface area contributed by atoms with Crippen LogP contribution in [0.15, 0.2) is 63.6 Å². The Morgan fingerprint density at radius 2 is 1.83 bits per heavy atom. The van der Waals surface area contributed by atoms with Gasteiger partial charge in [-0.15, -0.1) is 0 Å². The summed E-state index contributed by atoms with van der Waals surface area (Å²) in [6, 6.07) is 8.65. The molecule has 2 aromatic carbocycles. The van der Waals surface area contributed by atoms with E-state index in [1.807, 2.05) is 39.2 Å². The number of carbonyl (C=O) groups is 1. The van der Waals surface area contributed by atoms with Crippen LogP contribution in [0.2, 0.25) is 0 Å². The number of phenolic OH excluding ortho intramolecular Hbond substituents is 2. The first kappa shape index (κ1) is 43.9. The highest BCUT2D eigenvalue weighted by Gasteiger charge is 2.57. The van der Waals surface area contributed by atoms with Crippen LogP contribution >= 0.6 is 0 Å². The Kier molecular flexibility index (Phi) is 11.3. The van der Waals surface area contributed by atoms with Crippen molar-refractivity contribution < 1.29 is 39.1 Å². The largest absolute Gasteiger partial charge is 0.508 e. The van der Waals surface area contributed by atoms with Crippen LogP contribution in [0.3, 0.4) is 0 Å². The number of aliphatic hydroxyl groups is 2. The molecule has 8 atom stereocenters. The fourth-order valence-corrected chi connectivity index (χ4v) is 12.5. The van der Waals surface area contributed by atoms with Gasteiger partial charge in [0.2, 0.25) is 0 Å². The number of nitrogens with two attached hydrogens (primary N) is 1. The molecular weight excluding hydrogens is 839 g/mol. The number of aliphatic hydroxyl groups excluding tert-OH is 2. The number of ether oxygens (including phenoxy) is 2. The third-order valence-electron chi connectivity index (χ3n) is 15.8. The smallest absolute Gasteiger partial charge is 0.334 e. The quantitative estimate of drug-likeness (QED) is 0.0699. The van der Waals surface area contributed by atoms with Gasteiger partial charge >= 0.3 is 5.97 Å². The van der Waals surface area contributed by atoms with Gasteiger partial charge in [-0.05, 0) is 149 Å². The molecule has 6 heterocycles. The van der Waals surface area contributed by atoms with E-state index in [1.165, 1.54) is 11.1 Å². The molecule has 66 heavy (non-hydrogen) atoms. The first-order valence-corrected chi connectivity index (χ1v) is 23.5. The Labute approximate surface area is 383 Å². The number of nitrogens with zero attached hydrogens (tertiary/aromatic N) is 2. The van der Waals surface area contributed by atoms with Crippen LogP contribution in [0.4, 0.5) is 11.6 Å². The van der Waals surface area contributed by atoms with Gasteiger partial charge in [-0.25, -0.2) is 14.8 Å². The number of nitrogen functional groups attached to an aromatic ring is 1. The molecule has 346 valence electrons. The third-order valence-corrected chi connectivity index (χ3v) is 15.8. The van der Waals surface area contributed by atoms with E-state index in [0.29, 0.717) is 60.8 Å². The summed E-state index contributed by atoms with van der Waals surface area (Å²) in [4.78, 5) is 38.6. The lowest BCUT2D eigenvalue weighted by atomic mass is 9.62. The zero-order valence-electron chi connectivity index (χ0n) is 37.9. The zero-order chi connectivity index (χ0) is 46.2. The fourth-order valence-electron chi connectivity index (χ4n) is 12.5. The van der Waals surface area contributed by atoms with Gasteiger partial charge in [0.25, 0.3) is 0 Å².